The summed E-state index contributed by atoms with van der Waals surface area (Å²) in [5, 5.41) is 8.31. The van der Waals surface area contributed by atoms with E-state index in [0.29, 0.717) is 12.0 Å². The van der Waals surface area contributed by atoms with Gasteiger partial charge in [-0.15, -0.1) is 0 Å². The molecule has 0 aromatic carbocycles. The topological polar surface area (TPSA) is 55.6 Å². The summed E-state index contributed by atoms with van der Waals surface area (Å²) in [6.07, 6.45) is 8.01. The van der Waals surface area contributed by atoms with Crippen molar-refractivity contribution >= 4 is 0 Å². The average Bonchev–Trinajstić information content (AvgIpc) is 3.25. The van der Waals surface area contributed by atoms with Crippen LogP contribution in [0, 0.1) is 0 Å². The summed E-state index contributed by atoms with van der Waals surface area (Å²) in [6, 6.07) is 2.54. The van der Waals surface area contributed by atoms with Gasteiger partial charge in [0.05, 0.1) is 11.4 Å². The molecule has 2 aromatic rings. The smallest absolute Gasteiger partial charge is 0.250 e. The molecule has 3 rings (SSSR count). The van der Waals surface area contributed by atoms with E-state index in [1.807, 2.05) is 10.7 Å². The first-order valence-electron chi connectivity index (χ1n) is 7.43. The lowest BCUT2D eigenvalue weighted by Crippen LogP contribution is -2.17. The third-order valence-electron chi connectivity index (χ3n) is 3.73. The number of aromatic nitrogens is 4. The van der Waals surface area contributed by atoms with Crippen molar-refractivity contribution in [2.45, 2.75) is 52.1 Å². The van der Waals surface area contributed by atoms with E-state index in [4.69, 9.17) is 5.10 Å². The van der Waals surface area contributed by atoms with Crippen molar-refractivity contribution in [3.05, 3.63) is 35.4 Å². The van der Waals surface area contributed by atoms with Gasteiger partial charge in [0.2, 0.25) is 0 Å². The van der Waals surface area contributed by atoms with Gasteiger partial charge in [-0.3, -0.25) is 0 Å². The first-order valence-corrected chi connectivity index (χ1v) is 7.43. The molecule has 5 nitrogen and oxygen atoms in total. The molecule has 0 atom stereocenters. The minimum absolute atomic E-state index is 0.664. The van der Waals surface area contributed by atoms with Gasteiger partial charge in [0.25, 0.3) is 5.95 Å². The van der Waals surface area contributed by atoms with Gasteiger partial charge < -0.3 is 5.32 Å². The molecule has 1 N–H and O–H groups in total. The highest BCUT2D eigenvalue weighted by molar-refractivity contribution is 5.31. The molecule has 20 heavy (non-hydrogen) atoms. The van der Waals surface area contributed by atoms with Gasteiger partial charge in [-0.2, -0.15) is 5.10 Å². The summed E-state index contributed by atoms with van der Waals surface area (Å²) >= 11 is 0. The van der Waals surface area contributed by atoms with Crippen molar-refractivity contribution in [1.29, 1.82) is 0 Å². The highest BCUT2D eigenvalue weighted by Gasteiger charge is 2.23. The summed E-state index contributed by atoms with van der Waals surface area (Å²) < 4.78 is 1.91. The highest BCUT2D eigenvalue weighted by Crippen LogP contribution is 2.22. The molecule has 1 saturated carbocycles. The summed E-state index contributed by atoms with van der Waals surface area (Å²) in [7, 11) is 0. The number of nitrogens with zero attached hydrogens (tertiary/aromatic N) is 4. The van der Waals surface area contributed by atoms with Crippen LogP contribution in [0.3, 0.4) is 0 Å². The summed E-state index contributed by atoms with van der Waals surface area (Å²) in [5.74, 6) is 0.664. The normalized spacial score (nSPS) is 14.7. The Morgan fingerprint density at radius 3 is 2.55 bits per heavy atom. The van der Waals surface area contributed by atoms with Crippen LogP contribution >= 0.6 is 0 Å². The summed E-state index contributed by atoms with van der Waals surface area (Å²) in [4.78, 5) is 8.65. The van der Waals surface area contributed by atoms with Gasteiger partial charge in [0, 0.05) is 30.5 Å². The number of aryl methyl sites for hydroxylation is 1. The summed E-state index contributed by atoms with van der Waals surface area (Å²) in [5.41, 5.74) is 3.71. The second kappa shape index (κ2) is 5.71. The number of hydrogen-bond donors (Lipinski definition) is 1. The van der Waals surface area contributed by atoms with E-state index in [9.17, 15) is 0 Å². The monoisotopic (exact) mass is 271 g/mol. The standard InChI is InChI=1S/C15H21N5/c1-3-13-12(10-18-11-6-7-11)14(4-2)20(19-13)15-16-8-5-9-17-15/h5,8-9,11,18H,3-4,6-7,10H2,1-2H3. The molecule has 0 unspecified atom stereocenters. The predicted octanol–water partition coefficient (Wildman–Crippen LogP) is 2.04. The molecule has 106 valence electrons. The SMILES string of the molecule is CCc1nn(-c2ncccn2)c(CC)c1CNC1CC1. The number of hydrogen-bond acceptors (Lipinski definition) is 4. The second-order valence-electron chi connectivity index (χ2n) is 5.19. The van der Waals surface area contributed by atoms with Gasteiger partial charge in [-0.1, -0.05) is 13.8 Å². The average molecular weight is 271 g/mol. The van der Waals surface area contributed by atoms with Crippen LogP contribution in [-0.4, -0.2) is 25.8 Å². The van der Waals surface area contributed by atoms with Crippen molar-refractivity contribution in [2.75, 3.05) is 0 Å². The van der Waals surface area contributed by atoms with Crippen molar-refractivity contribution in [2.24, 2.45) is 0 Å². The van der Waals surface area contributed by atoms with Crippen LogP contribution in [0.4, 0.5) is 0 Å². The van der Waals surface area contributed by atoms with E-state index >= 15 is 0 Å². The molecule has 0 amide bonds. The van der Waals surface area contributed by atoms with Gasteiger partial charge >= 0.3 is 0 Å². The predicted molar refractivity (Wildman–Crippen MR) is 77.8 cm³/mol. The van der Waals surface area contributed by atoms with E-state index in [-0.39, 0.29) is 0 Å². The maximum atomic E-state index is 4.72. The molecule has 2 heterocycles. The van der Waals surface area contributed by atoms with Crippen LogP contribution in [0.2, 0.25) is 0 Å². The zero-order valence-electron chi connectivity index (χ0n) is 12.1. The molecule has 0 spiro atoms. The van der Waals surface area contributed by atoms with Crippen molar-refractivity contribution < 1.29 is 0 Å². The molecule has 2 aromatic heterocycles. The van der Waals surface area contributed by atoms with Gasteiger partial charge in [-0.05, 0) is 31.7 Å². The molecule has 0 saturated heterocycles. The lowest BCUT2D eigenvalue weighted by Gasteiger charge is -2.07. The van der Waals surface area contributed by atoms with E-state index in [1.165, 1.54) is 24.1 Å². The van der Waals surface area contributed by atoms with E-state index in [1.54, 1.807) is 12.4 Å². The minimum atomic E-state index is 0.664. The quantitative estimate of drug-likeness (QED) is 0.873. The Bertz CT molecular complexity index is 571. The van der Waals surface area contributed by atoms with Crippen molar-refractivity contribution in [1.82, 2.24) is 25.1 Å². The largest absolute Gasteiger partial charge is 0.310 e. The zero-order valence-corrected chi connectivity index (χ0v) is 12.1. The molecule has 0 radical (unpaired) electrons. The lowest BCUT2D eigenvalue weighted by molar-refractivity contribution is 0.676. The minimum Gasteiger partial charge on any atom is -0.310 e. The Labute approximate surface area is 119 Å². The molecule has 0 aliphatic heterocycles. The Kier molecular flexibility index (Phi) is 3.78. The molecule has 1 aliphatic rings. The maximum Gasteiger partial charge on any atom is 0.250 e. The van der Waals surface area contributed by atoms with Crippen molar-refractivity contribution in [3.63, 3.8) is 0 Å². The maximum absolute atomic E-state index is 4.72. The first kappa shape index (κ1) is 13.2. The molecule has 1 fully saturated rings. The second-order valence-corrected chi connectivity index (χ2v) is 5.19. The Morgan fingerprint density at radius 2 is 1.95 bits per heavy atom. The molecule has 0 bridgehead atoms. The van der Waals surface area contributed by atoms with E-state index in [2.05, 4.69) is 29.1 Å². The third-order valence-corrected chi connectivity index (χ3v) is 3.73. The molecule has 1 aliphatic carbocycles. The van der Waals surface area contributed by atoms with Crippen LogP contribution in [0.5, 0.6) is 0 Å². The fourth-order valence-electron chi connectivity index (χ4n) is 2.49. The van der Waals surface area contributed by atoms with E-state index in [0.717, 1.165) is 25.1 Å². The van der Waals surface area contributed by atoms with Gasteiger partial charge in [0.15, 0.2) is 0 Å². The Hall–Kier alpha value is -1.75. The molecular formula is C15H21N5. The number of rotatable bonds is 6. The van der Waals surface area contributed by atoms with E-state index < -0.39 is 0 Å². The van der Waals surface area contributed by atoms with Crippen LogP contribution in [-0.2, 0) is 19.4 Å². The Balaban J connectivity index is 1.97. The van der Waals surface area contributed by atoms with Gasteiger partial charge in [0.1, 0.15) is 0 Å². The van der Waals surface area contributed by atoms with Crippen LogP contribution in [0.25, 0.3) is 5.95 Å². The lowest BCUT2D eigenvalue weighted by atomic mass is 10.1. The van der Waals surface area contributed by atoms with Crippen LogP contribution < -0.4 is 5.32 Å². The third kappa shape index (κ3) is 2.58. The Morgan fingerprint density at radius 1 is 1.20 bits per heavy atom. The summed E-state index contributed by atoms with van der Waals surface area (Å²) in [6.45, 7) is 5.22. The molecule has 5 heteroatoms. The van der Waals surface area contributed by atoms with Gasteiger partial charge in [-0.25, -0.2) is 14.6 Å². The first-order chi connectivity index (χ1) is 9.83. The van der Waals surface area contributed by atoms with Crippen molar-refractivity contribution in [3.8, 4) is 5.95 Å². The highest BCUT2D eigenvalue weighted by atomic mass is 15.4. The van der Waals surface area contributed by atoms with Crippen LogP contribution in [0.1, 0.15) is 43.6 Å². The number of nitrogens with one attached hydrogen (secondary N) is 1. The fraction of sp³-hybridized carbons (Fsp3) is 0.533. The molecular weight excluding hydrogens is 250 g/mol. The van der Waals surface area contributed by atoms with Crippen LogP contribution in [0.15, 0.2) is 18.5 Å². The fourth-order valence-corrected chi connectivity index (χ4v) is 2.49. The zero-order chi connectivity index (χ0) is 13.9.